The van der Waals surface area contributed by atoms with Gasteiger partial charge in [0.15, 0.2) is 5.97 Å². The molecule has 13 heavy (non-hydrogen) atoms. The fourth-order valence-electron chi connectivity index (χ4n) is 0. The number of hydrogen-bond donors (Lipinski definition) is 3. The Morgan fingerprint density at radius 3 is 0.923 bits per heavy atom. The van der Waals surface area contributed by atoms with Crippen LogP contribution in [0.2, 0.25) is 0 Å². The second-order valence-electron chi connectivity index (χ2n) is 1.20. The van der Waals surface area contributed by atoms with Gasteiger partial charge in [-0.1, -0.05) is 0 Å². The molecule has 0 bridgehead atoms. The first kappa shape index (κ1) is 17.9. The Bertz CT molecular complexity index is 172. The van der Waals surface area contributed by atoms with Crippen molar-refractivity contribution < 1.29 is 70.7 Å². The van der Waals surface area contributed by atoms with Gasteiger partial charge in [0.05, 0.1) is 0 Å². The molecule has 0 unspecified atom stereocenters. The van der Waals surface area contributed by atoms with E-state index in [-0.39, 0.29) is 31.1 Å². The Morgan fingerprint density at radius 1 is 0.769 bits per heavy atom. The molecular weight excluding hydrogens is 414 g/mol. The van der Waals surface area contributed by atoms with Crippen molar-refractivity contribution in [3.8, 4) is 0 Å². The first-order valence-electron chi connectivity index (χ1n) is 2.19. The molecule has 72 valence electrons. The Kier molecular flexibility index (Phi) is 12.4. The standard InChI is InChI=1S/2C2H2O4.U/c2*3-1(4)2(5)6;/h2*(H,3,4)(H,5,6);/p-1. The van der Waals surface area contributed by atoms with E-state index in [1.54, 1.807) is 0 Å². The van der Waals surface area contributed by atoms with Gasteiger partial charge in [0.1, 0.15) is 0 Å². The van der Waals surface area contributed by atoms with E-state index in [9.17, 15) is 0 Å². The van der Waals surface area contributed by atoms with Gasteiger partial charge in [0.2, 0.25) is 0 Å². The van der Waals surface area contributed by atoms with Crippen LogP contribution in [0.1, 0.15) is 0 Å². The van der Waals surface area contributed by atoms with Gasteiger partial charge in [-0.2, -0.15) is 0 Å². The predicted octanol–water partition coefficient (Wildman–Crippen LogP) is -3.02. The molecule has 0 aliphatic carbocycles. The van der Waals surface area contributed by atoms with E-state index < -0.39 is 23.9 Å². The summed E-state index contributed by atoms with van der Waals surface area (Å²) in [5, 5.41) is 31.1. The van der Waals surface area contributed by atoms with Crippen LogP contribution < -0.4 is 5.11 Å². The average Bonchev–Trinajstić information content (AvgIpc) is 1.88. The van der Waals surface area contributed by atoms with Gasteiger partial charge in [-0.15, -0.1) is 0 Å². The maximum absolute atomic E-state index is 9.10. The van der Waals surface area contributed by atoms with Crippen molar-refractivity contribution in [2.45, 2.75) is 0 Å². The number of hydrogen-bond acceptors (Lipinski definition) is 5. The van der Waals surface area contributed by atoms with Crippen molar-refractivity contribution in [2.24, 2.45) is 0 Å². The fraction of sp³-hybridized carbons (Fsp3) is 0. The minimum atomic E-state index is -2.07. The fourth-order valence-corrected chi connectivity index (χ4v) is 0. The molecule has 0 atom stereocenters. The van der Waals surface area contributed by atoms with Crippen molar-refractivity contribution in [1.29, 1.82) is 0 Å². The first-order valence-corrected chi connectivity index (χ1v) is 2.19. The van der Waals surface area contributed by atoms with E-state index in [1.165, 1.54) is 0 Å². The summed E-state index contributed by atoms with van der Waals surface area (Å²) < 4.78 is 0. The molecule has 0 saturated carbocycles. The van der Waals surface area contributed by atoms with Gasteiger partial charge in [0, 0.05) is 31.1 Å². The maximum atomic E-state index is 9.10. The van der Waals surface area contributed by atoms with Gasteiger partial charge in [-0.3, -0.25) is 0 Å². The van der Waals surface area contributed by atoms with Gasteiger partial charge in [-0.25, -0.2) is 14.4 Å². The van der Waals surface area contributed by atoms with Crippen LogP contribution in [-0.4, -0.2) is 39.2 Å². The summed E-state index contributed by atoms with van der Waals surface area (Å²) in [6.07, 6.45) is 0. The van der Waals surface area contributed by atoms with Gasteiger partial charge in [0.25, 0.3) is 0 Å². The predicted molar refractivity (Wildman–Crippen MR) is 27.9 cm³/mol. The molecule has 8 nitrogen and oxygen atoms in total. The molecule has 9 heteroatoms. The molecule has 0 aromatic rings. The summed E-state index contributed by atoms with van der Waals surface area (Å²) in [5.41, 5.74) is 0. The van der Waals surface area contributed by atoms with E-state index in [0.717, 1.165) is 0 Å². The molecule has 0 aliphatic rings. The third-order valence-electron chi connectivity index (χ3n) is 0.358. The second-order valence-corrected chi connectivity index (χ2v) is 1.20. The molecule has 0 aromatic carbocycles. The third-order valence-corrected chi connectivity index (χ3v) is 0.358. The zero-order chi connectivity index (χ0) is 10.3. The van der Waals surface area contributed by atoms with Gasteiger partial charge < -0.3 is 25.2 Å². The molecule has 0 aliphatic heterocycles. The summed E-state index contributed by atoms with van der Waals surface area (Å²) in [7, 11) is 0. The molecule has 0 spiro atoms. The number of aliphatic carboxylic acids is 4. The monoisotopic (exact) mass is 417 g/mol. The smallest absolute Gasteiger partial charge is 0.414 e. The molecule has 0 rings (SSSR count). The largest absolute Gasteiger partial charge is 0.539 e. The number of carbonyl (C=O) groups is 4. The number of carboxylic acids is 4. The van der Waals surface area contributed by atoms with E-state index >= 15 is 0 Å². The molecule has 0 aromatic heterocycles. The Labute approximate surface area is 94.5 Å². The van der Waals surface area contributed by atoms with Crippen molar-refractivity contribution >= 4 is 23.9 Å². The molecule has 0 amide bonds. The van der Waals surface area contributed by atoms with Crippen molar-refractivity contribution in [3.63, 3.8) is 0 Å². The molecule has 0 fully saturated rings. The molecular formula is C4H3O8U-. The minimum absolute atomic E-state index is 0. The normalized spacial score (nSPS) is 6.77. The van der Waals surface area contributed by atoms with Gasteiger partial charge in [-0.05, 0) is 0 Å². The number of carboxylic acid groups (broad SMARTS) is 4. The van der Waals surface area contributed by atoms with Crippen LogP contribution in [0.25, 0.3) is 0 Å². The van der Waals surface area contributed by atoms with Crippen molar-refractivity contribution in [2.75, 3.05) is 0 Å². The van der Waals surface area contributed by atoms with E-state index in [4.69, 9.17) is 39.6 Å². The van der Waals surface area contributed by atoms with Crippen molar-refractivity contribution in [3.05, 3.63) is 0 Å². The maximum Gasteiger partial charge on any atom is 0.414 e. The minimum Gasteiger partial charge on any atom is -0.539 e. The van der Waals surface area contributed by atoms with Crippen molar-refractivity contribution in [1.82, 2.24) is 0 Å². The quantitative estimate of drug-likeness (QED) is 0.352. The topological polar surface area (TPSA) is 152 Å². The second kappa shape index (κ2) is 9.02. The van der Waals surface area contributed by atoms with Crippen LogP contribution in [0, 0.1) is 31.1 Å². The summed E-state index contributed by atoms with van der Waals surface area (Å²) in [4.78, 5) is 36.2. The van der Waals surface area contributed by atoms with Crippen LogP contribution in [-0.2, 0) is 19.2 Å². The Morgan fingerprint density at radius 2 is 0.923 bits per heavy atom. The van der Waals surface area contributed by atoms with Crippen LogP contribution in [0.4, 0.5) is 0 Å². The average molecular weight is 417 g/mol. The van der Waals surface area contributed by atoms with Crippen LogP contribution >= 0.6 is 0 Å². The zero-order valence-electron chi connectivity index (χ0n) is 5.88. The molecule has 0 heterocycles. The summed E-state index contributed by atoms with van der Waals surface area (Å²) in [6.45, 7) is 0. The number of rotatable bonds is 0. The molecule has 3 N–H and O–H groups in total. The summed E-state index contributed by atoms with van der Waals surface area (Å²) >= 11 is 0. The summed E-state index contributed by atoms with van der Waals surface area (Å²) in [6, 6.07) is 0. The van der Waals surface area contributed by atoms with E-state index in [2.05, 4.69) is 0 Å². The summed E-state index contributed by atoms with van der Waals surface area (Å²) in [5.74, 6) is -7.66. The first-order chi connectivity index (χ1) is 5.29. The van der Waals surface area contributed by atoms with E-state index in [1.807, 2.05) is 0 Å². The SMILES string of the molecule is O=C(O)C(=O)O.O=C([O-])C(=O)O.[U]. The van der Waals surface area contributed by atoms with Crippen LogP contribution in [0.15, 0.2) is 0 Å². The Balaban J connectivity index is -0.000000143. The molecule has 0 radical (unpaired) electrons. The third kappa shape index (κ3) is 18.2. The number of carbonyl (C=O) groups excluding carboxylic acids is 1. The Hall–Kier alpha value is -1.07. The van der Waals surface area contributed by atoms with Gasteiger partial charge >= 0.3 is 17.9 Å². The molecule has 0 saturated heterocycles. The van der Waals surface area contributed by atoms with Crippen LogP contribution in [0.3, 0.4) is 0 Å². The zero-order valence-corrected chi connectivity index (χ0v) is 10.0. The van der Waals surface area contributed by atoms with E-state index in [0.29, 0.717) is 0 Å². The van der Waals surface area contributed by atoms with Crippen LogP contribution in [0.5, 0.6) is 0 Å².